The molecule has 0 saturated carbocycles. The molecule has 3 aromatic rings. The Morgan fingerprint density at radius 2 is 2.09 bits per heavy atom. The summed E-state index contributed by atoms with van der Waals surface area (Å²) in [5.41, 5.74) is 0.299. The average Bonchev–Trinajstić information content (AvgIpc) is 3.00. The molecule has 0 aliphatic heterocycles. The highest BCUT2D eigenvalue weighted by molar-refractivity contribution is 7.10. The van der Waals surface area contributed by atoms with E-state index in [1.165, 1.54) is 18.5 Å². The molecule has 3 aromatic heterocycles. The van der Waals surface area contributed by atoms with Crippen LogP contribution in [-0.4, -0.2) is 15.9 Å². The summed E-state index contributed by atoms with van der Waals surface area (Å²) in [5, 5.41) is 2.44. The molecule has 0 fully saturated rings. The van der Waals surface area contributed by atoms with Crippen LogP contribution in [0.5, 0.6) is 11.6 Å². The highest BCUT2D eigenvalue weighted by Gasteiger charge is 2.14. The zero-order valence-corrected chi connectivity index (χ0v) is 12.7. The van der Waals surface area contributed by atoms with Gasteiger partial charge in [0.15, 0.2) is 5.13 Å². The van der Waals surface area contributed by atoms with Gasteiger partial charge in [-0.25, -0.2) is 4.98 Å². The normalized spacial score (nSPS) is 10.3. The maximum absolute atomic E-state index is 13.0. The molecule has 7 heteroatoms. The molecule has 3 heterocycles. The SMILES string of the molecule is O=C(NCc1ccc(F)s1)c1cccnc1Oc1cccnc1. The minimum Gasteiger partial charge on any atom is -0.437 e. The van der Waals surface area contributed by atoms with E-state index >= 15 is 0 Å². The molecule has 3 rings (SSSR count). The number of amides is 1. The number of halogens is 1. The summed E-state index contributed by atoms with van der Waals surface area (Å²) in [6.45, 7) is 0.245. The minimum atomic E-state index is -0.342. The highest BCUT2D eigenvalue weighted by Crippen LogP contribution is 2.22. The average molecular weight is 329 g/mol. The number of hydrogen-bond donors (Lipinski definition) is 1. The molecule has 0 bridgehead atoms. The lowest BCUT2D eigenvalue weighted by molar-refractivity contribution is 0.0948. The van der Waals surface area contributed by atoms with Gasteiger partial charge in [-0.05, 0) is 36.4 Å². The van der Waals surface area contributed by atoms with E-state index < -0.39 is 0 Å². The first kappa shape index (κ1) is 15.1. The van der Waals surface area contributed by atoms with Crippen LogP contribution in [0.1, 0.15) is 15.2 Å². The van der Waals surface area contributed by atoms with Crippen molar-refractivity contribution in [2.45, 2.75) is 6.54 Å². The van der Waals surface area contributed by atoms with Gasteiger partial charge in [0.25, 0.3) is 5.91 Å². The van der Waals surface area contributed by atoms with E-state index in [0.717, 1.165) is 16.2 Å². The molecule has 0 unspecified atom stereocenters. The van der Waals surface area contributed by atoms with Crippen LogP contribution < -0.4 is 10.1 Å². The molecular formula is C16H12FN3O2S. The predicted octanol–water partition coefficient (Wildman–Crippen LogP) is 3.40. The van der Waals surface area contributed by atoms with Gasteiger partial charge in [-0.2, -0.15) is 4.39 Å². The van der Waals surface area contributed by atoms with Crippen LogP contribution in [0.15, 0.2) is 55.0 Å². The van der Waals surface area contributed by atoms with Crippen molar-refractivity contribution in [3.05, 3.63) is 70.6 Å². The number of carbonyl (C=O) groups is 1. The van der Waals surface area contributed by atoms with Crippen LogP contribution in [0.2, 0.25) is 0 Å². The Labute approximate surface area is 135 Å². The molecule has 1 amide bonds. The molecule has 0 spiro atoms. The third-order valence-electron chi connectivity index (χ3n) is 2.92. The second-order valence-electron chi connectivity index (χ2n) is 4.54. The quantitative estimate of drug-likeness (QED) is 0.779. The lowest BCUT2D eigenvalue weighted by Gasteiger charge is -2.09. The molecule has 116 valence electrons. The number of aromatic nitrogens is 2. The Morgan fingerprint density at radius 3 is 2.83 bits per heavy atom. The molecule has 0 atom stereocenters. The van der Waals surface area contributed by atoms with Crippen molar-refractivity contribution in [2.24, 2.45) is 0 Å². The van der Waals surface area contributed by atoms with Crippen molar-refractivity contribution in [1.29, 1.82) is 0 Å². The van der Waals surface area contributed by atoms with Crippen LogP contribution in [0.25, 0.3) is 0 Å². The van der Waals surface area contributed by atoms with E-state index in [0.29, 0.717) is 11.3 Å². The molecule has 23 heavy (non-hydrogen) atoms. The van der Waals surface area contributed by atoms with Crippen molar-refractivity contribution in [1.82, 2.24) is 15.3 Å². The Hall–Kier alpha value is -2.80. The third kappa shape index (κ3) is 3.89. The maximum Gasteiger partial charge on any atom is 0.257 e. The molecule has 0 radical (unpaired) electrons. The second kappa shape index (κ2) is 6.97. The van der Waals surface area contributed by atoms with Gasteiger partial charge in [0.1, 0.15) is 11.3 Å². The van der Waals surface area contributed by atoms with Crippen LogP contribution >= 0.6 is 11.3 Å². The Kier molecular flexibility index (Phi) is 4.58. The number of nitrogens with zero attached hydrogens (tertiary/aromatic N) is 2. The Morgan fingerprint density at radius 1 is 1.22 bits per heavy atom. The Bertz CT molecular complexity index is 808. The first-order chi connectivity index (χ1) is 11.2. The number of pyridine rings is 2. The van der Waals surface area contributed by atoms with Gasteiger partial charge in [-0.3, -0.25) is 9.78 Å². The molecule has 0 aliphatic rings. The lowest BCUT2D eigenvalue weighted by atomic mass is 10.2. The number of nitrogens with one attached hydrogen (secondary N) is 1. The molecular weight excluding hydrogens is 317 g/mol. The summed E-state index contributed by atoms with van der Waals surface area (Å²) in [6, 6.07) is 9.71. The second-order valence-corrected chi connectivity index (χ2v) is 5.65. The summed E-state index contributed by atoms with van der Waals surface area (Å²) in [7, 11) is 0. The number of carbonyl (C=O) groups excluding carboxylic acids is 1. The number of hydrogen-bond acceptors (Lipinski definition) is 5. The van der Waals surface area contributed by atoms with Crippen molar-refractivity contribution in [2.75, 3.05) is 0 Å². The van der Waals surface area contributed by atoms with E-state index in [1.807, 2.05) is 0 Å². The minimum absolute atomic E-state index is 0.190. The third-order valence-corrected chi connectivity index (χ3v) is 3.79. The fraction of sp³-hybridized carbons (Fsp3) is 0.0625. The van der Waals surface area contributed by atoms with Crippen LogP contribution in [0, 0.1) is 5.13 Å². The smallest absolute Gasteiger partial charge is 0.257 e. The number of rotatable bonds is 5. The van der Waals surface area contributed by atoms with Gasteiger partial charge >= 0.3 is 0 Å². The summed E-state index contributed by atoms with van der Waals surface area (Å²) in [4.78, 5) is 21.1. The standard InChI is InChI=1S/C16H12FN3O2S/c17-14-6-5-12(23-14)10-20-15(21)13-4-2-8-19-16(13)22-11-3-1-7-18-9-11/h1-9H,10H2,(H,20,21). The van der Waals surface area contributed by atoms with Crippen molar-refractivity contribution in [3.63, 3.8) is 0 Å². The topological polar surface area (TPSA) is 64.1 Å². The molecule has 0 aliphatic carbocycles. The van der Waals surface area contributed by atoms with Gasteiger partial charge in [0.05, 0.1) is 12.7 Å². The van der Waals surface area contributed by atoms with E-state index in [-0.39, 0.29) is 23.5 Å². The van der Waals surface area contributed by atoms with Gasteiger partial charge in [-0.15, -0.1) is 11.3 Å². The zero-order valence-electron chi connectivity index (χ0n) is 11.9. The zero-order chi connectivity index (χ0) is 16.1. The van der Waals surface area contributed by atoms with Crippen molar-refractivity contribution >= 4 is 17.2 Å². The van der Waals surface area contributed by atoms with Gasteiger partial charge < -0.3 is 10.1 Å². The predicted molar refractivity (Wildman–Crippen MR) is 84.0 cm³/mol. The fourth-order valence-corrected chi connectivity index (χ4v) is 2.54. The van der Waals surface area contributed by atoms with E-state index in [4.69, 9.17) is 4.74 Å². The first-order valence-corrected chi connectivity index (χ1v) is 7.59. The molecule has 1 N–H and O–H groups in total. The molecule has 0 aromatic carbocycles. The van der Waals surface area contributed by atoms with E-state index in [1.54, 1.807) is 36.5 Å². The Balaban J connectivity index is 1.72. The molecule has 0 saturated heterocycles. The monoisotopic (exact) mass is 329 g/mol. The van der Waals surface area contributed by atoms with Crippen molar-refractivity contribution < 1.29 is 13.9 Å². The summed E-state index contributed by atoms with van der Waals surface area (Å²) in [6.07, 6.45) is 4.70. The van der Waals surface area contributed by atoms with E-state index in [9.17, 15) is 9.18 Å². The summed E-state index contributed by atoms with van der Waals surface area (Å²) < 4.78 is 18.5. The fourth-order valence-electron chi connectivity index (χ4n) is 1.87. The van der Waals surface area contributed by atoms with Gasteiger partial charge in [-0.1, -0.05) is 0 Å². The van der Waals surface area contributed by atoms with Crippen LogP contribution in [0.4, 0.5) is 4.39 Å². The lowest BCUT2D eigenvalue weighted by Crippen LogP contribution is -2.23. The van der Waals surface area contributed by atoms with Gasteiger partial charge in [0, 0.05) is 17.3 Å². The highest BCUT2D eigenvalue weighted by atomic mass is 32.1. The molecule has 5 nitrogen and oxygen atoms in total. The summed E-state index contributed by atoms with van der Waals surface area (Å²) >= 11 is 0.995. The van der Waals surface area contributed by atoms with Crippen LogP contribution in [0.3, 0.4) is 0 Å². The largest absolute Gasteiger partial charge is 0.437 e. The van der Waals surface area contributed by atoms with Crippen molar-refractivity contribution in [3.8, 4) is 11.6 Å². The van der Waals surface area contributed by atoms with E-state index in [2.05, 4.69) is 15.3 Å². The number of thiophene rings is 1. The first-order valence-electron chi connectivity index (χ1n) is 6.77. The number of ether oxygens (including phenoxy) is 1. The summed E-state index contributed by atoms with van der Waals surface area (Å²) in [5.74, 6) is 0.335. The maximum atomic E-state index is 13.0. The van der Waals surface area contributed by atoms with Crippen LogP contribution in [-0.2, 0) is 6.54 Å². The van der Waals surface area contributed by atoms with Gasteiger partial charge in [0.2, 0.25) is 5.88 Å².